The molecule has 19 heavy (non-hydrogen) atoms. The van der Waals surface area contributed by atoms with Crippen molar-refractivity contribution in [3.8, 4) is 10.6 Å². The first kappa shape index (κ1) is 14.1. The Balaban J connectivity index is 2.50. The molecule has 0 aliphatic heterocycles. The minimum Gasteiger partial charge on any atom is -0.477 e. The average molecular weight is 344 g/mol. The molecule has 1 heterocycles. The number of aromatic carboxylic acids is 1. The predicted octanol–water partition coefficient (Wildman–Crippen LogP) is 4.36. The number of carbonyl (C=O) groups is 1. The van der Waals surface area contributed by atoms with Crippen LogP contribution < -0.4 is 0 Å². The number of halogens is 2. The Morgan fingerprint density at radius 2 is 2.26 bits per heavy atom. The summed E-state index contributed by atoms with van der Waals surface area (Å²) < 4.78 is 14.5. The Hall–Kier alpha value is -1.27. The first-order valence-corrected chi connectivity index (χ1v) is 7.32. The smallest absolute Gasteiger partial charge is 0.347 e. The van der Waals surface area contributed by atoms with Gasteiger partial charge in [-0.25, -0.2) is 14.2 Å². The van der Waals surface area contributed by atoms with Crippen LogP contribution in [0.4, 0.5) is 4.39 Å². The van der Waals surface area contributed by atoms with E-state index in [0.717, 1.165) is 17.8 Å². The summed E-state index contributed by atoms with van der Waals surface area (Å²) >= 11 is 4.20. The van der Waals surface area contributed by atoms with Crippen molar-refractivity contribution in [2.24, 2.45) is 0 Å². The Kier molecular flexibility index (Phi) is 4.31. The highest BCUT2D eigenvalue weighted by molar-refractivity contribution is 9.10. The van der Waals surface area contributed by atoms with E-state index in [2.05, 4.69) is 20.9 Å². The fourth-order valence-electron chi connectivity index (χ4n) is 1.70. The highest BCUT2D eigenvalue weighted by Gasteiger charge is 2.19. The minimum atomic E-state index is -1.01. The summed E-state index contributed by atoms with van der Waals surface area (Å²) in [6.45, 7) is 1.95. The van der Waals surface area contributed by atoms with Crippen molar-refractivity contribution < 1.29 is 14.3 Å². The fourth-order valence-corrected chi connectivity index (χ4v) is 3.01. The Morgan fingerprint density at radius 3 is 2.84 bits per heavy atom. The second-order valence-electron chi connectivity index (χ2n) is 3.97. The number of aromatic nitrogens is 1. The van der Waals surface area contributed by atoms with Gasteiger partial charge in [-0.1, -0.05) is 29.3 Å². The highest BCUT2D eigenvalue weighted by atomic mass is 79.9. The molecule has 1 N–H and O–H groups in total. The van der Waals surface area contributed by atoms with Gasteiger partial charge >= 0.3 is 5.97 Å². The van der Waals surface area contributed by atoms with Crippen LogP contribution in [-0.4, -0.2) is 16.1 Å². The summed E-state index contributed by atoms with van der Waals surface area (Å²) in [6.07, 6.45) is 1.38. The van der Waals surface area contributed by atoms with Crippen LogP contribution in [0.2, 0.25) is 0 Å². The number of thiazole rings is 1. The van der Waals surface area contributed by atoms with E-state index in [0.29, 0.717) is 27.2 Å². The normalized spacial score (nSPS) is 10.7. The van der Waals surface area contributed by atoms with Gasteiger partial charge in [0.15, 0.2) is 0 Å². The lowest BCUT2D eigenvalue weighted by atomic mass is 10.2. The number of hydrogen-bond donors (Lipinski definition) is 1. The molecule has 0 atom stereocenters. The summed E-state index contributed by atoms with van der Waals surface area (Å²) in [5, 5.41) is 9.54. The maximum absolute atomic E-state index is 13.9. The third kappa shape index (κ3) is 3.01. The lowest BCUT2D eigenvalue weighted by Crippen LogP contribution is -1.98. The van der Waals surface area contributed by atoms with Crippen molar-refractivity contribution >= 4 is 33.2 Å². The molecule has 3 nitrogen and oxygen atoms in total. The van der Waals surface area contributed by atoms with E-state index in [1.54, 1.807) is 12.1 Å². The van der Waals surface area contributed by atoms with Gasteiger partial charge in [-0.05, 0) is 24.6 Å². The van der Waals surface area contributed by atoms with Crippen LogP contribution in [0, 0.1) is 5.82 Å². The number of nitrogens with zero attached hydrogens (tertiary/aromatic N) is 1. The first-order valence-electron chi connectivity index (χ1n) is 5.71. The van der Waals surface area contributed by atoms with Gasteiger partial charge in [0.05, 0.1) is 5.69 Å². The van der Waals surface area contributed by atoms with Crippen molar-refractivity contribution in [1.29, 1.82) is 0 Å². The molecule has 0 aliphatic rings. The number of hydrogen-bond acceptors (Lipinski definition) is 3. The van der Waals surface area contributed by atoms with Crippen molar-refractivity contribution in [3.05, 3.63) is 39.1 Å². The van der Waals surface area contributed by atoms with E-state index >= 15 is 0 Å². The molecular weight excluding hydrogens is 333 g/mol. The maximum Gasteiger partial charge on any atom is 0.347 e. The minimum absolute atomic E-state index is 0.194. The molecule has 1 aromatic carbocycles. The summed E-state index contributed by atoms with van der Waals surface area (Å²) in [5.41, 5.74) is 0.857. The Bertz CT molecular complexity index is 627. The van der Waals surface area contributed by atoms with Gasteiger partial charge in [0.1, 0.15) is 15.7 Å². The average Bonchev–Trinajstić information content (AvgIpc) is 2.73. The molecule has 100 valence electrons. The van der Waals surface area contributed by atoms with E-state index in [1.165, 1.54) is 6.07 Å². The molecule has 2 rings (SSSR count). The monoisotopic (exact) mass is 343 g/mol. The van der Waals surface area contributed by atoms with Gasteiger partial charge in [-0.3, -0.25) is 0 Å². The molecule has 0 unspecified atom stereocenters. The lowest BCUT2D eigenvalue weighted by Gasteiger charge is -1.99. The van der Waals surface area contributed by atoms with E-state index in [-0.39, 0.29) is 4.88 Å². The number of carboxylic acid groups (broad SMARTS) is 1. The van der Waals surface area contributed by atoms with Gasteiger partial charge in [0, 0.05) is 10.0 Å². The molecule has 0 bridgehead atoms. The second-order valence-corrected chi connectivity index (χ2v) is 5.89. The topological polar surface area (TPSA) is 50.2 Å². The zero-order chi connectivity index (χ0) is 14.0. The number of benzene rings is 1. The molecule has 2 aromatic rings. The van der Waals surface area contributed by atoms with Crippen molar-refractivity contribution in [1.82, 2.24) is 4.98 Å². The molecule has 1 aromatic heterocycles. The Labute approximate surface area is 122 Å². The van der Waals surface area contributed by atoms with E-state index in [1.807, 2.05) is 6.92 Å². The molecule has 0 saturated carbocycles. The van der Waals surface area contributed by atoms with Crippen molar-refractivity contribution in [2.75, 3.05) is 0 Å². The van der Waals surface area contributed by atoms with Crippen LogP contribution in [0.3, 0.4) is 0 Å². The summed E-state index contributed by atoms with van der Waals surface area (Å²) in [4.78, 5) is 15.6. The standard InChI is InChI=1S/C13H11BrFNO2S/c1-2-3-10-11(13(17)18)19-12(16-10)8-5-4-7(14)6-9(8)15/h4-6H,2-3H2,1H3,(H,17,18). The van der Waals surface area contributed by atoms with Gasteiger partial charge in [-0.2, -0.15) is 0 Å². The molecule has 6 heteroatoms. The van der Waals surface area contributed by atoms with Gasteiger partial charge in [0.2, 0.25) is 0 Å². The molecule has 0 saturated heterocycles. The zero-order valence-corrected chi connectivity index (χ0v) is 12.5. The maximum atomic E-state index is 13.9. The highest BCUT2D eigenvalue weighted by Crippen LogP contribution is 2.31. The molecule has 0 radical (unpaired) electrons. The van der Waals surface area contributed by atoms with Gasteiger partial charge in [-0.15, -0.1) is 11.3 Å². The fraction of sp³-hybridized carbons (Fsp3) is 0.231. The zero-order valence-electron chi connectivity index (χ0n) is 10.1. The third-order valence-electron chi connectivity index (χ3n) is 2.54. The summed E-state index contributed by atoms with van der Waals surface area (Å²) in [5.74, 6) is -1.42. The first-order chi connectivity index (χ1) is 9.02. The van der Waals surface area contributed by atoms with Crippen molar-refractivity contribution in [2.45, 2.75) is 19.8 Å². The Morgan fingerprint density at radius 1 is 1.53 bits per heavy atom. The van der Waals surface area contributed by atoms with Gasteiger partial charge in [0.25, 0.3) is 0 Å². The number of carboxylic acids is 1. The SMILES string of the molecule is CCCc1nc(-c2ccc(Br)cc2F)sc1C(=O)O. The molecule has 0 amide bonds. The van der Waals surface area contributed by atoms with Crippen LogP contribution in [0.1, 0.15) is 28.7 Å². The third-order valence-corrected chi connectivity index (χ3v) is 4.15. The predicted molar refractivity (Wildman–Crippen MR) is 76.2 cm³/mol. The largest absolute Gasteiger partial charge is 0.477 e. The molecule has 0 spiro atoms. The van der Waals surface area contributed by atoms with Crippen LogP contribution in [0.5, 0.6) is 0 Å². The molecular formula is C13H11BrFNO2S. The van der Waals surface area contributed by atoms with Gasteiger partial charge < -0.3 is 5.11 Å². The lowest BCUT2D eigenvalue weighted by molar-refractivity contribution is 0.0700. The molecule has 0 fully saturated rings. The number of aryl methyl sites for hydroxylation is 1. The van der Waals surface area contributed by atoms with Crippen LogP contribution in [0.15, 0.2) is 22.7 Å². The van der Waals surface area contributed by atoms with Crippen LogP contribution in [-0.2, 0) is 6.42 Å². The van der Waals surface area contributed by atoms with E-state index in [9.17, 15) is 9.18 Å². The summed E-state index contributed by atoms with van der Waals surface area (Å²) in [6, 6.07) is 4.65. The van der Waals surface area contributed by atoms with Crippen LogP contribution in [0.25, 0.3) is 10.6 Å². The van der Waals surface area contributed by atoms with E-state index in [4.69, 9.17) is 5.11 Å². The summed E-state index contributed by atoms with van der Waals surface area (Å²) in [7, 11) is 0. The quantitative estimate of drug-likeness (QED) is 0.896. The molecule has 0 aliphatic carbocycles. The van der Waals surface area contributed by atoms with Crippen molar-refractivity contribution in [3.63, 3.8) is 0 Å². The second kappa shape index (κ2) is 5.79. The van der Waals surface area contributed by atoms with Crippen LogP contribution >= 0.6 is 27.3 Å². The number of rotatable bonds is 4. The van der Waals surface area contributed by atoms with E-state index < -0.39 is 11.8 Å².